The van der Waals surface area contributed by atoms with E-state index in [9.17, 15) is 9.18 Å². The summed E-state index contributed by atoms with van der Waals surface area (Å²) < 4.78 is 14.2. The lowest BCUT2D eigenvalue weighted by Gasteiger charge is -2.26. The predicted octanol–water partition coefficient (Wildman–Crippen LogP) is 6.03. The Morgan fingerprint density at radius 2 is 1.56 bits per heavy atom. The van der Waals surface area contributed by atoms with Gasteiger partial charge >= 0.3 is 0 Å². The molecule has 0 bridgehead atoms. The van der Waals surface area contributed by atoms with Crippen LogP contribution in [-0.4, -0.2) is 5.78 Å². The van der Waals surface area contributed by atoms with Gasteiger partial charge in [0, 0.05) is 22.4 Å². The van der Waals surface area contributed by atoms with Crippen molar-refractivity contribution in [3.63, 3.8) is 0 Å². The van der Waals surface area contributed by atoms with Crippen LogP contribution in [0.1, 0.15) is 43.2 Å². The molecule has 0 saturated heterocycles. The summed E-state index contributed by atoms with van der Waals surface area (Å²) in [6.45, 7) is 0. The molecule has 25 heavy (non-hydrogen) atoms. The first kappa shape index (κ1) is 18.1. The second-order valence-corrected chi connectivity index (χ2v) is 7.44. The summed E-state index contributed by atoms with van der Waals surface area (Å²) in [7, 11) is 0. The van der Waals surface area contributed by atoms with Crippen LogP contribution in [-0.2, 0) is 17.6 Å². The number of carbonyl (C=O) groups is 1. The number of benzene rings is 2. The fraction of sp³-hybridized carbons (Fsp3) is 0.409. The molecule has 2 aromatic rings. The molecule has 0 aliphatic heterocycles. The van der Waals surface area contributed by atoms with Crippen LogP contribution >= 0.6 is 11.6 Å². The van der Waals surface area contributed by atoms with Gasteiger partial charge in [-0.05, 0) is 43.4 Å². The molecule has 132 valence electrons. The molecule has 1 fully saturated rings. The van der Waals surface area contributed by atoms with Crippen molar-refractivity contribution < 1.29 is 9.18 Å². The molecule has 2 aromatic carbocycles. The van der Waals surface area contributed by atoms with E-state index in [4.69, 9.17) is 11.6 Å². The third kappa shape index (κ3) is 4.70. The Kier molecular flexibility index (Phi) is 6.25. The lowest BCUT2D eigenvalue weighted by Crippen LogP contribution is -2.29. The molecular formula is C22H24ClFO. The van der Waals surface area contributed by atoms with Crippen LogP contribution in [0.5, 0.6) is 0 Å². The Morgan fingerprint density at radius 3 is 2.24 bits per heavy atom. The second-order valence-electron chi connectivity index (χ2n) is 7.03. The van der Waals surface area contributed by atoms with E-state index in [1.54, 1.807) is 12.1 Å². The van der Waals surface area contributed by atoms with Gasteiger partial charge in [0.2, 0.25) is 0 Å². The lowest BCUT2D eigenvalue weighted by atomic mass is 9.78. The van der Waals surface area contributed by atoms with E-state index in [-0.39, 0.29) is 23.4 Å². The van der Waals surface area contributed by atoms with E-state index < -0.39 is 0 Å². The summed E-state index contributed by atoms with van der Waals surface area (Å²) in [5.41, 5.74) is 1.69. The molecule has 1 nitrogen and oxygen atoms in total. The molecule has 2 atom stereocenters. The van der Waals surface area contributed by atoms with Gasteiger partial charge < -0.3 is 0 Å². The number of ketones is 1. The monoisotopic (exact) mass is 358 g/mol. The van der Waals surface area contributed by atoms with E-state index in [0.29, 0.717) is 17.0 Å². The van der Waals surface area contributed by atoms with Crippen molar-refractivity contribution >= 4 is 17.4 Å². The summed E-state index contributed by atoms with van der Waals surface area (Å²) in [5.74, 6) is -0.133. The zero-order chi connectivity index (χ0) is 17.6. The molecule has 0 heterocycles. The van der Waals surface area contributed by atoms with E-state index >= 15 is 0 Å². The number of hydrogen-bond acceptors (Lipinski definition) is 1. The highest BCUT2D eigenvalue weighted by molar-refractivity contribution is 6.31. The molecule has 1 aliphatic rings. The van der Waals surface area contributed by atoms with E-state index in [1.165, 1.54) is 11.6 Å². The zero-order valence-electron chi connectivity index (χ0n) is 14.4. The third-order valence-electron chi connectivity index (χ3n) is 5.25. The van der Waals surface area contributed by atoms with Crippen molar-refractivity contribution in [3.05, 3.63) is 70.5 Å². The number of halogens is 2. The zero-order valence-corrected chi connectivity index (χ0v) is 15.1. The van der Waals surface area contributed by atoms with Gasteiger partial charge in [0.25, 0.3) is 0 Å². The smallest absolute Gasteiger partial charge is 0.139 e. The first-order valence-electron chi connectivity index (χ1n) is 9.15. The first-order valence-corrected chi connectivity index (χ1v) is 9.53. The van der Waals surface area contributed by atoms with Crippen molar-refractivity contribution in [2.45, 2.75) is 44.9 Å². The predicted molar refractivity (Wildman–Crippen MR) is 100 cm³/mol. The molecule has 0 amide bonds. The lowest BCUT2D eigenvalue weighted by molar-refractivity contribution is -0.127. The summed E-state index contributed by atoms with van der Waals surface area (Å²) in [5, 5.41) is 0.425. The van der Waals surface area contributed by atoms with E-state index in [1.807, 2.05) is 18.2 Å². The van der Waals surface area contributed by atoms with E-state index in [0.717, 1.165) is 38.5 Å². The Hall–Kier alpha value is -1.67. The van der Waals surface area contributed by atoms with Crippen LogP contribution in [0, 0.1) is 17.7 Å². The minimum absolute atomic E-state index is 0.0262. The molecule has 0 N–H and O–H groups in total. The van der Waals surface area contributed by atoms with Gasteiger partial charge in [0.1, 0.15) is 11.6 Å². The van der Waals surface area contributed by atoms with E-state index in [2.05, 4.69) is 12.1 Å². The summed E-state index contributed by atoms with van der Waals surface area (Å²) in [6, 6.07) is 14.9. The molecule has 0 radical (unpaired) electrons. The minimum Gasteiger partial charge on any atom is -0.299 e. The van der Waals surface area contributed by atoms with Crippen molar-refractivity contribution in [3.8, 4) is 0 Å². The average molecular weight is 359 g/mol. The van der Waals surface area contributed by atoms with Crippen LogP contribution in [0.25, 0.3) is 0 Å². The van der Waals surface area contributed by atoms with Crippen LogP contribution in [0.4, 0.5) is 4.39 Å². The van der Waals surface area contributed by atoms with Gasteiger partial charge in [-0.1, -0.05) is 67.3 Å². The van der Waals surface area contributed by atoms with Crippen molar-refractivity contribution in [1.29, 1.82) is 0 Å². The van der Waals surface area contributed by atoms with Crippen molar-refractivity contribution in [1.82, 2.24) is 0 Å². The SMILES string of the molecule is O=C1C(Cc2ccccc2)CCCCCC1Cc1c(F)cccc1Cl. The highest BCUT2D eigenvalue weighted by Gasteiger charge is 2.29. The van der Waals surface area contributed by atoms with Gasteiger partial charge in [-0.2, -0.15) is 0 Å². The largest absolute Gasteiger partial charge is 0.299 e. The Morgan fingerprint density at radius 1 is 0.880 bits per heavy atom. The molecular weight excluding hydrogens is 335 g/mol. The molecule has 1 aliphatic carbocycles. The highest BCUT2D eigenvalue weighted by Crippen LogP contribution is 2.31. The standard InChI is InChI=1S/C22H24ClFO/c23-20-12-7-13-21(24)19(20)15-18-11-6-2-5-10-17(22(18)25)14-16-8-3-1-4-9-16/h1,3-4,7-9,12-13,17-18H,2,5-6,10-11,14-15H2. The topological polar surface area (TPSA) is 17.1 Å². The Bertz CT molecular complexity index is 693. The average Bonchev–Trinajstić information content (AvgIpc) is 2.61. The van der Waals surface area contributed by atoms with Crippen LogP contribution < -0.4 is 0 Å². The molecule has 3 heteroatoms. The highest BCUT2D eigenvalue weighted by atomic mass is 35.5. The van der Waals surface area contributed by atoms with Crippen LogP contribution in [0.2, 0.25) is 5.02 Å². The fourth-order valence-corrected chi connectivity index (χ4v) is 4.09. The molecule has 1 saturated carbocycles. The van der Waals surface area contributed by atoms with Crippen molar-refractivity contribution in [2.24, 2.45) is 11.8 Å². The van der Waals surface area contributed by atoms with Crippen LogP contribution in [0.3, 0.4) is 0 Å². The van der Waals surface area contributed by atoms with Crippen molar-refractivity contribution in [2.75, 3.05) is 0 Å². The number of rotatable bonds is 4. The normalized spacial score (nSPS) is 21.6. The maximum absolute atomic E-state index is 14.2. The Labute approximate surface area is 154 Å². The number of carbonyl (C=O) groups excluding carboxylic acids is 1. The second kappa shape index (κ2) is 8.62. The molecule has 3 rings (SSSR count). The maximum atomic E-state index is 14.2. The summed E-state index contributed by atoms with van der Waals surface area (Å²) in [4.78, 5) is 13.2. The van der Waals surface area contributed by atoms with Gasteiger partial charge in [0.05, 0.1) is 0 Å². The fourth-order valence-electron chi connectivity index (χ4n) is 3.85. The number of Topliss-reactive ketones (excluding diaryl/α,β-unsaturated/α-hetero) is 1. The van der Waals surface area contributed by atoms with Gasteiger partial charge in [-0.25, -0.2) is 4.39 Å². The third-order valence-corrected chi connectivity index (χ3v) is 5.60. The first-order chi connectivity index (χ1) is 12.1. The summed E-state index contributed by atoms with van der Waals surface area (Å²) in [6.07, 6.45) is 6.21. The quantitative estimate of drug-likeness (QED) is 0.652. The Balaban J connectivity index is 1.78. The maximum Gasteiger partial charge on any atom is 0.139 e. The molecule has 2 unspecified atom stereocenters. The number of hydrogen-bond donors (Lipinski definition) is 0. The minimum atomic E-state index is -0.304. The van der Waals surface area contributed by atoms with Crippen LogP contribution in [0.15, 0.2) is 48.5 Å². The van der Waals surface area contributed by atoms with Gasteiger partial charge in [-0.15, -0.1) is 0 Å². The van der Waals surface area contributed by atoms with Gasteiger partial charge in [0.15, 0.2) is 0 Å². The molecule has 0 aromatic heterocycles. The molecule has 0 spiro atoms. The summed E-state index contributed by atoms with van der Waals surface area (Å²) >= 11 is 6.18. The van der Waals surface area contributed by atoms with Gasteiger partial charge in [-0.3, -0.25) is 4.79 Å².